The zero-order valence-electron chi connectivity index (χ0n) is 10.8. The quantitative estimate of drug-likeness (QED) is 0.753. The Hall–Kier alpha value is -1.81. The number of carboxylic acids is 1. The van der Waals surface area contributed by atoms with Crippen molar-refractivity contribution >= 4 is 11.7 Å². The topological polar surface area (TPSA) is 49.8 Å². The number of carbonyl (C=O) groups is 1. The van der Waals surface area contributed by atoms with Crippen LogP contribution in [-0.2, 0) is 4.74 Å². The number of nitrogens with zero attached hydrogens (tertiary/aromatic N) is 1. The predicted octanol–water partition coefficient (Wildman–Crippen LogP) is 2.33. The molecule has 0 unspecified atom stereocenters. The van der Waals surface area contributed by atoms with E-state index in [1.807, 2.05) is 24.0 Å². The summed E-state index contributed by atoms with van der Waals surface area (Å²) in [7, 11) is 1.62. The zero-order valence-corrected chi connectivity index (χ0v) is 10.8. The van der Waals surface area contributed by atoms with Crippen molar-refractivity contribution in [3.8, 4) is 0 Å². The number of aryl methyl sites for hydroxylation is 1. The maximum atomic E-state index is 11.3. The minimum absolute atomic E-state index is 0.313. The number of rotatable bonds is 7. The van der Waals surface area contributed by atoms with Gasteiger partial charge >= 0.3 is 5.97 Å². The first-order valence-corrected chi connectivity index (χ1v) is 5.79. The molecule has 4 heteroatoms. The summed E-state index contributed by atoms with van der Waals surface area (Å²) in [6, 6.07) is 5.42. The molecule has 0 aliphatic heterocycles. The van der Waals surface area contributed by atoms with E-state index in [4.69, 9.17) is 4.74 Å². The van der Waals surface area contributed by atoms with Crippen LogP contribution in [-0.4, -0.2) is 37.9 Å². The summed E-state index contributed by atoms with van der Waals surface area (Å²) in [6.07, 6.45) is 1.75. The minimum Gasteiger partial charge on any atom is -0.478 e. The Labute approximate surface area is 107 Å². The Morgan fingerprint density at radius 1 is 1.56 bits per heavy atom. The third-order valence-corrected chi connectivity index (χ3v) is 2.64. The van der Waals surface area contributed by atoms with Gasteiger partial charge in [0.25, 0.3) is 0 Å². The molecular formula is C14H19NO3. The largest absolute Gasteiger partial charge is 0.478 e. The lowest BCUT2D eigenvalue weighted by atomic mass is 10.1. The molecule has 0 bridgehead atoms. The van der Waals surface area contributed by atoms with Gasteiger partial charge in [-0.15, -0.1) is 6.58 Å². The summed E-state index contributed by atoms with van der Waals surface area (Å²) in [4.78, 5) is 13.2. The number of anilines is 1. The Kier molecular flexibility index (Phi) is 5.39. The molecule has 0 fully saturated rings. The molecule has 1 aromatic carbocycles. The van der Waals surface area contributed by atoms with Gasteiger partial charge in [0, 0.05) is 20.2 Å². The van der Waals surface area contributed by atoms with Crippen molar-refractivity contribution < 1.29 is 14.6 Å². The van der Waals surface area contributed by atoms with Gasteiger partial charge in [-0.3, -0.25) is 0 Å². The van der Waals surface area contributed by atoms with E-state index in [9.17, 15) is 9.90 Å². The molecular weight excluding hydrogens is 230 g/mol. The van der Waals surface area contributed by atoms with Gasteiger partial charge in [-0.1, -0.05) is 17.7 Å². The zero-order chi connectivity index (χ0) is 13.5. The van der Waals surface area contributed by atoms with Crippen molar-refractivity contribution in [1.82, 2.24) is 0 Å². The standard InChI is InChI=1S/C14H19NO3/c1-4-7-15(8-9-18-3)13-6-5-11(2)10-12(13)14(16)17/h4-6,10H,1,7-9H2,2-3H3,(H,16,17). The second-order valence-corrected chi connectivity index (χ2v) is 4.05. The molecule has 0 amide bonds. The maximum absolute atomic E-state index is 11.3. The summed E-state index contributed by atoms with van der Waals surface area (Å²) in [5.41, 5.74) is 1.94. The fraction of sp³-hybridized carbons (Fsp3) is 0.357. The molecule has 18 heavy (non-hydrogen) atoms. The van der Waals surface area contributed by atoms with Crippen molar-refractivity contribution in [2.75, 3.05) is 31.7 Å². The number of benzene rings is 1. The van der Waals surface area contributed by atoms with Gasteiger partial charge in [0.15, 0.2) is 0 Å². The normalized spacial score (nSPS) is 10.1. The van der Waals surface area contributed by atoms with Crippen molar-refractivity contribution in [3.63, 3.8) is 0 Å². The van der Waals surface area contributed by atoms with Crippen LogP contribution in [0.25, 0.3) is 0 Å². The van der Waals surface area contributed by atoms with Gasteiger partial charge in [0.1, 0.15) is 0 Å². The van der Waals surface area contributed by atoms with E-state index < -0.39 is 5.97 Å². The Morgan fingerprint density at radius 2 is 2.28 bits per heavy atom. The van der Waals surface area contributed by atoms with Crippen LogP contribution in [0.1, 0.15) is 15.9 Å². The van der Waals surface area contributed by atoms with Gasteiger partial charge in [-0.05, 0) is 19.1 Å². The van der Waals surface area contributed by atoms with E-state index in [0.29, 0.717) is 30.9 Å². The van der Waals surface area contributed by atoms with Crippen molar-refractivity contribution in [1.29, 1.82) is 0 Å². The molecule has 0 radical (unpaired) electrons. The van der Waals surface area contributed by atoms with Crippen molar-refractivity contribution in [3.05, 3.63) is 42.0 Å². The highest BCUT2D eigenvalue weighted by molar-refractivity contribution is 5.94. The smallest absolute Gasteiger partial charge is 0.337 e. The van der Waals surface area contributed by atoms with Gasteiger partial charge in [-0.25, -0.2) is 4.79 Å². The third-order valence-electron chi connectivity index (χ3n) is 2.64. The number of carboxylic acid groups (broad SMARTS) is 1. The van der Waals surface area contributed by atoms with E-state index in [2.05, 4.69) is 6.58 Å². The summed E-state index contributed by atoms with van der Waals surface area (Å²) in [6.45, 7) is 7.34. The minimum atomic E-state index is -0.917. The molecule has 0 saturated carbocycles. The number of methoxy groups -OCH3 is 1. The SMILES string of the molecule is C=CCN(CCOC)c1ccc(C)cc1C(=O)O. The van der Waals surface area contributed by atoms with Gasteiger partial charge in [0.05, 0.1) is 17.9 Å². The first-order valence-electron chi connectivity index (χ1n) is 5.79. The molecule has 4 nitrogen and oxygen atoms in total. The highest BCUT2D eigenvalue weighted by Gasteiger charge is 2.15. The molecule has 0 spiro atoms. The van der Waals surface area contributed by atoms with Crippen LogP contribution in [0.3, 0.4) is 0 Å². The Balaban J connectivity index is 3.09. The van der Waals surface area contributed by atoms with Gasteiger partial charge in [0.2, 0.25) is 0 Å². The molecule has 98 valence electrons. The highest BCUT2D eigenvalue weighted by atomic mass is 16.5. The van der Waals surface area contributed by atoms with Crippen molar-refractivity contribution in [2.24, 2.45) is 0 Å². The molecule has 0 atom stereocenters. The van der Waals surface area contributed by atoms with E-state index >= 15 is 0 Å². The first-order chi connectivity index (χ1) is 8.60. The monoisotopic (exact) mass is 249 g/mol. The van der Waals surface area contributed by atoms with E-state index in [1.54, 1.807) is 19.3 Å². The molecule has 1 N–H and O–H groups in total. The Bertz CT molecular complexity index is 429. The van der Waals surface area contributed by atoms with E-state index in [-0.39, 0.29) is 0 Å². The number of hydrogen-bond donors (Lipinski definition) is 1. The van der Waals surface area contributed by atoms with Crippen LogP contribution in [0.15, 0.2) is 30.9 Å². The molecule has 0 heterocycles. The maximum Gasteiger partial charge on any atom is 0.337 e. The fourth-order valence-corrected chi connectivity index (χ4v) is 1.76. The first kappa shape index (κ1) is 14.3. The van der Waals surface area contributed by atoms with Crippen LogP contribution in [0.4, 0.5) is 5.69 Å². The molecule has 0 saturated heterocycles. The van der Waals surface area contributed by atoms with Crippen LogP contribution in [0, 0.1) is 6.92 Å². The summed E-state index contributed by atoms with van der Waals surface area (Å²) >= 11 is 0. The van der Waals surface area contributed by atoms with Crippen molar-refractivity contribution in [2.45, 2.75) is 6.92 Å². The summed E-state index contributed by atoms with van der Waals surface area (Å²) in [5.74, 6) is -0.917. The van der Waals surface area contributed by atoms with E-state index in [0.717, 1.165) is 5.56 Å². The summed E-state index contributed by atoms with van der Waals surface area (Å²) < 4.78 is 5.04. The predicted molar refractivity (Wildman–Crippen MR) is 72.4 cm³/mol. The molecule has 0 aliphatic carbocycles. The second-order valence-electron chi connectivity index (χ2n) is 4.05. The second kappa shape index (κ2) is 6.81. The molecule has 1 aromatic rings. The van der Waals surface area contributed by atoms with E-state index in [1.165, 1.54) is 0 Å². The number of aromatic carboxylic acids is 1. The van der Waals surface area contributed by atoms with Crippen LogP contribution < -0.4 is 4.90 Å². The fourth-order valence-electron chi connectivity index (χ4n) is 1.76. The van der Waals surface area contributed by atoms with Gasteiger partial charge in [-0.2, -0.15) is 0 Å². The molecule has 1 rings (SSSR count). The number of hydrogen-bond acceptors (Lipinski definition) is 3. The summed E-state index contributed by atoms with van der Waals surface area (Å²) in [5, 5.41) is 9.25. The van der Waals surface area contributed by atoms with Crippen LogP contribution >= 0.6 is 0 Å². The third kappa shape index (κ3) is 3.60. The lowest BCUT2D eigenvalue weighted by Gasteiger charge is -2.24. The number of ether oxygens (including phenoxy) is 1. The molecule has 0 aliphatic rings. The Morgan fingerprint density at radius 3 is 2.83 bits per heavy atom. The average Bonchev–Trinajstić information content (AvgIpc) is 2.34. The van der Waals surface area contributed by atoms with Gasteiger partial charge < -0.3 is 14.7 Å². The average molecular weight is 249 g/mol. The lowest BCUT2D eigenvalue weighted by molar-refractivity contribution is 0.0697. The lowest BCUT2D eigenvalue weighted by Crippen LogP contribution is -2.29. The molecule has 0 aromatic heterocycles. The highest BCUT2D eigenvalue weighted by Crippen LogP contribution is 2.22. The van der Waals surface area contributed by atoms with Crippen LogP contribution in [0.2, 0.25) is 0 Å². The van der Waals surface area contributed by atoms with Crippen LogP contribution in [0.5, 0.6) is 0 Å².